The van der Waals surface area contributed by atoms with Crippen molar-refractivity contribution in [1.29, 1.82) is 0 Å². The van der Waals surface area contributed by atoms with E-state index in [-0.39, 0.29) is 5.41 Å². The molecule has 0 unspecified atom stereocenters. The average Bonchev–Trinajstić information content (AvgIpc) is 2.41. The maximum Gasteiger partial charge on any atom is 0.135 e. The SMILES string of the molecule is Cc1cc2cnc(C(C)(C)C)nc2s1. The minimum absolute atomic E-state index is 0.0338. The number of nitrogens with zero attached hydrogens (tertiary/aromatic N) is 2. The third-order valence-electron chi connectivity index (χ3n) is 2.07. The molecule has 0 saturated carbocycles. The van der Waals surface area contributed by atoms with Crippen molar-refractivity contribution in [3.63, 3.8) is 0 Å². The summed E-state index contributed by atoms with van der Waals surface area (Å²) in [5, 5.41) is 1.15. The number of rotatable bonds is 0. The minimum atomic E-state index is 0.0338. The second-order valence-corrected chi connectivity index (χ2v) is 5.80. The largest absolute Gasteiger partial charge is 0.240 e. The Balaban J connectivity index is 2.62. The Kier molecular flexibility index (Phi) is 2.07. The van der Waals surface area contributed by atoms with Crippen molar-refractivity contribution in [1.82, 2.24) is 9.97 Å². The highest BCUT2D eigenvalue weighted by molar-refractivity contribution is 7.18. The van der Waals surface area contributed by atoms with Gasteiger partial charge in [-0.3, -0.25) is 0 Å². The van der Waals surface area contributed by atoms with Crippen LogP contribution < -0.4 is 0 Å². The Bertz CT molecular complexity index is 466. The van der Waals surface area contributed by atoms with Crippen LogP contribution in [0, 0.1) is 6.92 Å². The molecule has 3 heteroatoms. The van der Waals surface area contributed by atoms with Gasteiger partial charge in [-0.2, -0.15) is 0 Å². The van der Waals surface area contributed by atoms with Gasteiger partial charge in [-0.15, -0.1) is 11.3 Å². The van der Waals surface area contributed by atoms with Crippen LogP contribution in [0.25, 0.3) is 10.2 Å². The van der Waals surface area contributed by atoms with E-state index in [1.54, 1.807) is 11.3 Å². The molecule has 0 spiro atoms. The summed E-state index contributed by atoms with van der Waals surface area (Å²) in [6.07, 6.45) is 1.92. The molecule has 2 heterocycles. The summed E-state index contributed by atoms with van der Waals surface area (Å²) in [5.74, 6) is 0.923. The molecule has 0 aliphatic rings. The summed E-state index contributed by atoms with van der Waals surface area (Å²) < 4.78 is 0. The van der Waals surface area contributed by atoms with Crippen molar-refractivity contribution in [2.75, 3.05) is 0 Å². The Morgan fingerprint density at radius 3 is 2.64 bits per heavy atom. The lowest BCUT2D eigenvalue weighted by molar-refractivity contribution is 0.549. The normalized spacial score (nSPS) is 12.3. The second kappa shape index (κ2) is 3.02. The molecule has 2 nitrogen and oxygen atoms in total. The molecule has 74 valence electrons. The van der Waals surface area contributed by atoms with Crippen LogP contribution >= 0.6 is 11.3 Å². The molecule has 2 rings (SSSR count). The first-order valence-electron chi connectivity index (χ1n) is 4.70. The van der Waals surface area contributed by atoms with Gasteiger partial charge in [0.15, 0.2) is 0 Å². The van der Waals surface area contributed by atoms with Crippen LogP contribution in [0.15, 0.2) is 12.3 Å². The first-order valence-corrected chi connectivity index (χ1v) is 5.52. The Morgan fingerprint density at radius 2 is 2.00 bits per heavy atom. The van der Waals surface area contributed by atoms with Crippen molar-refractivity contribution >= 4 is 21.6 Å². The van der Waals surface area contributed by atoms with E-state index in [2.05, 4.69) is 43.7 Å². The Labute approximate surface area is 88.0 Å². The molecule has 0 N–H and O–H groups in total. The summed E-state index contributed by atoms with van der Waals surface area (Å²) >= 11 is 1.73. The fourth-order valence-corrected chi connectivity index (χ4v) is 2.17. The fraction of sp³-hybridized carbons (Fsp3) is 0.455. The van der Waals surface area contributed by atoms with Gasteiger partial charge in [-0.05, 0) is 13.0 Å². The van der Waals surface area contributed by atoms with E-state index in [1.807, 2.05) is 6.20 Å². The molecule has 0 saturated heterocycles. The van der Waals surface area contributed by atoms with E-state index >= 15 is 0 Å². The van der Waals surface area contributed by atoms with Crippen molar-refractivity contribution in [3.8, 4) is 0 Å². The smallest absolute Gasteiger partial charge is 0.135 e. The van der Waals surface area contributed by atoms with Crippen LogP contribution in [0.2, 0.25) is 0 Å². The van der Waals surface area contributed by atoms with E-state index in [1.165, 1.54) is 4.88 Å². The summed E-state index contributed by atoms with van der Waals surface area (Å²) in [7, 11) is 0. The van der Waals surface area contributed by atoms with Crippen LogP contribution in [0.1, 0.15) is 31.5 Å². The lowest BCUT2D eigenvalue weighted by Crippen LogP contribution is -2.15. The fourth-order valence-electron chi connectivity index (χ4n) is 1.32. The quantitative estimate of drug-likeness (QED) is 0.661. The third kappa shape index (κ3) is 1.64. The molecule has 0 fully saturated rings. The zero-order chi connectivity index (χ0) is 10.3. The van der Waals surface area contributed by atoms with Gasteiger partial charge < -0.3 is 0 Å². The number of hydrogen-bond donors (Lipinski definition) is 0. The zero-order valence-electron chi connectivity index (χ0n) is 8.96. The average molecular weight is 206 g/mol. The van der Waals surface area contributed by atoms with Gasteiger partial charge in [0.1, 0.15) is 10.7 Å². The van der Waals surface area contributed by atoms with Gasteiger partial charge in [0.05, 0.1) is 0 Å². The molecule has 14 heavy (non-hydrogen) atoms. The van der Waals surface area contributed by atoms with E-state index < -0.39 is 0 Å². The number of aryl methyl sites for hydroxylation is 1. The number of thiophene rings is 1. The van der Waals surface area contributed by atoms with Gasteiger partial charge in [0.25, 0.3) is 0 Å². The van der Waals surface area contributed by atoms with Crippen molar-refractivity contribution in [3.05, 3.63) is 23.0 Å². The molecule has 0 atom stereocenters. The molecule has 0 amide bonds. The molecular weight excluding hydrogens is 192 g/mol. The van der Waals surface area contributed by atoms with Crippen molar-refractivity contribution in [2.24, 2.45) is 0 Å². The first-order chi connectivity index (χ1) is 6.47. The second-order valence-electron chi connectivity index (χ2n) is 4.56. The van der Waals surface area contributed by atoms with E-state index in [9.17, 15) is 0 Å². The Hall–Kier alpha value is -0.960. The van der Waals surface area contributed by atoms with Gasteiger partial charge in [0.2, 0.25) is 0 Å². The molecule has 0 aromatic carbocycles. The predicted molar refractivity (Wildman–Crippen MR) is 60.9 cm³/mol. The predicted octanol–water partition coefficient (Wildman–Crippen LogP) is 3.30. The van der Waals surface area contributed by atoms with Crippen LogP contribution in [0.5, 0.6) is 0 Å². The van der Waals surface area contributed by atoms with Gasteiger partial charge in [-0.25, -0.2) is 9.97 Å². The van der Waals surface area contributed by atoms with Gasteiger partial charge >= 0.3 is 0 Å². The topological polar surface area (TPSA) is 25.8 Å². The Morgan fingerprint density at radius 1 is 1.29 bits per heavy atom. The van der Waals surface area contributed by atoms with Gasteiger partial charge in [0, 0.05) is 21.9 Å². The monoisotopic (exact) mass is 206 g/mol. The molecular formula is C11H14N2S. The van der Waals surface area contributed by atoms with Crippen LogP contribution in [-0.2, 0) is 5.41 Å². The van der Waals surface area contributed by atoms with Crippen LogP contribution in [0.3, 0.4) is 0 Å². The van der Waals surface area contributed by atoms with E-state index in [4.69, 9.17) is 0 Å². The minimum Gasteiger partial charge on any atom is -0.240 e. The molecule has 2 aromatic rings. The molecule has 0 bridgehead atoms. The third-order valence-corrected chi connectivity index (χ3v) is 3.03. The number of hydrogen-bond acceptors (Lipinski definition) is 3. The lowest BCUT2D eigenvalue weighted by Gasteiger charge is -2.15. The van der Waals surface area contributed by atoms with Crippen molar-refractivity contribution < 1.29 is 0 Å². The summed E-state index contributed by atoms with van der Waals surface area (Å²) in [5.41, 5.74) is 0.0338. The number of aromatic nitrogens is 2. The molecule has 0 radical (unpaired) electrons. The highest BCUT2D eigenvalue weighted by atomic mass is 32.1. The molecule has 0 aliphatic carbocycles. The van der Waals surface area contributed by atoms with Crippen LogP contribution in [-0.4, -0.2) is 9.97 Å². The first kappa shape index (κ1) is 9.59. The maximum atomic E-state index is 4.57. The maximum absolute atomic E-state index is 4.57. The van der Waals surface area contributed by atoms with Gasteiger partial charge in [-0.1, -0.05) is 20.8 Å². The van der Waals surface area contributed by atoms with Crippen molar-refractivity contribution in [2.45, 2.75) is 33.1 Å². The highest BCUT2D eigenvalue weighted by Crippen LogP contribution is 2.25. The van der Waals surface area contributed by atoms with E-state index in [0.717, 1.165) is 16.0 Å². The lowest BCUT2D eigenvalue weighted by atomic mass is 9.96. The summed E-state index contributed by atoms with van der Waals surface area (Å²) in [6, 6.07) is 2.13. The summed E-state index contributed by atoms with van der Waals surface area (Å²) in [6.45, 7) is 8.50. The van der Waals surface area contributed by atoms with Crippen LogP contribution in [0.4, 0.5) is 0 Å². The highest BCUT2D eigenvalue weighted by Gasteiger charge is 2.17. The standard InChI is InChI=1S/C11H14N2S/c1-7-5-8-6-12-10(11(2,3)4)13-9(8)14-7/h5-6H,1-4H3. The zero-order valence-corrected chi connectivity index (χ0v) is 9.77. The van der Waals surface area contributed by atoms with E-state index in [0.29, 0.717) is 0 Å². The summed E-state index contributed by atoms with van der Waals surface area (Å²) in [4.78, 5) is 11.4. The molecule has 2 aromatic heterocycles. The number of fused-ring (bicyclic) bond motifs is 1. The molecule has 0 aliphatic heterocycles.